The number of halogens is 1. The van der Waals surface area contributed by atoms with Crippen LogP contribution in [-0.2, 0) is 9.59 Å². The van der Waals surface area contributed by atoms with Gasteiger partial charge in [0.25, 0.3) is 0 Å². The summed E-state index contributed by atoms with van der Waals surface area (Å²) >= 11 is 5.62. The molecule has 1 aliphatic rings. The fourth-order valence-corrected chi connectivity index (χ4v) is 1.37. The molecule has 1 rings (SSSR count). The van der Waals surface area contributed by atoms with E-state index in [1.165, 1.54) is 0 Å². The Bertz CT molecular complexity index is 193. The minimum Gasteiger partial charge on any atom is -0.341 e. The third kappa shape index (κ3) is 2.21. The maximum atomic E-state index is 11.3. The molecule has 1 amide bonds. The number of hydrogen-bond donors (Lipinski definition) is 0. The van der Waals surface area contributed by atoms with Gasteiger partial charge >= 0.3 is 0 Å². The van der Waals surface area contributed by atoms with Crippen molar-refractivity contribution in [2.24, 2.45) is 0 Å². The van der Waals surface area contributed by atoms with E-state index in [-0.39, 0.29) is 11.7 Å². The number of nitrogens with zero attached hydrogens (tertiary/aromatic N) is 1. The second-order valence-electron chi connectivity index (χ2n) is 2.98. The normalized spacial score (nSPS) is 20.8. The number of rotatable bonds is 1. The monoisotopic (exact) mass is 189 g/mol. The lowest BCUT2D eigenvalue weighted by molar-refractivity contribution is -0.133. The average molecular weight is 190 g/mol. The zero-order valence-electron chi connectivity index (χ0n) is 7.05. The van der Waals surface area contributed by atoms with Crippen molar-refractivity contribution in [3.63, 3.8) is 0 Å². The van der Waals surface area contributed by atoms with Crippen LogP contribution in [0.1, 0.15) is 19.8 Å². The minimum atomic E-state index is -0.474. The molecule has 0 aliphatic carbocycles. The van der Waals surface area contributed by atoms with Crippen molar-refractivity contribution in [1.29, 1.82) is 0 Å². The summed E-state index contributed by atoms with van der Waals surface area (Å²) in [6.07, 6.45) is 0.963. The molecule has 0 saturated carbocycles. The number of amides is 1. The molecule has 68 valence electrons. The van der Waals surface area contributed by atoms with Crippen LogP contribution < -0.4 is 0 Å². The molecule has 4 heteroatoms. The van der Waals surface area contributed by atoms with Crippen molar-refractivity contribution < 1.29 is 9.59 Å². The third-order valence-corrected chi connectivity index (χ3v) is 2.16. The van der Waals surface area contributed by atoms with Crippen LogP contribution >= 0.6 is 11.6 Å². The van der Waals surface area contributed by atoms with Crippen LogP contribution in [0.3, 0.4) is 0 Å². The molecule has 1 aliphatic heterocycles. The summed E-state index contributed by atoms with van der Waals surface area (Å²) in [5, 5.41) is -0.474. The Labute approximate surface area is 76.7 Å². The highest BCUT2D eigenvalue weighted by Crippen LogP contribution is 2.09. The molecule has 0 aromatic rings. The van der Waals surface area contributed by atoms with Gasteiger partial charge in [-0.3, -0.25) is 9.59 Å². The standard InChI is InChI=1S/C8H12ClNO2/c1-6(9)8(12)10-4-2-7(11)3-5-10/h6H,2-5H2,1H3. The molecule has 1 atom stereocenters. The van der Waals surface area contributed by atoms with E-state index in [4.69, 9.17) is 11.6 Å². The molecule has 1 saturated heterocycles. The molecule has 0 radical (unpaired) electrons. The molecule has 0 aromatic carbocycles. The topological polar surface area (TPSA) is 37.4 Å². The third-order valence-electron chi connectivity index (χ3n) is 1.97. The highest BCUT2D eigenvalue weighted by molar-refractivity contribution is 6.30. The second kappa shape index (κ2) is 3.90. The number of Topliss-reactive ketones (excluding diaryl/α,β-unsaturated/α-hetero) is 1. The molecule has 0 aromatic heterocycles. The Morgan fingerprint density at radius 2 is 2.00 bits per heavy atom. The van der Waals surface area contributed by atoms with Gasteiger partial charge in [0.1, 0.15) is 11.2 Å². The highest BCUT2D eigenvalue weighted by Gasteiger charge is 2.23. The number of alkyl halides is 1. The maximum absolute atomic E-state index is 11.3. The van der Waals surface area contributed by atoms with E-state index in [0.717, 1.165) is 0 Å². The molecule has 1 fully saturated rings. The summed E-state index contributed by atoms with van der Waals surface area (Å²) in [5.41, 5.74) is 0. The molecule has 1 unspecified atom stereocenters. The zero-order valence-corrected chi connectivity index (χ0v) is 7.80. The van der Waals surface area contributed by atoms with E-state index >= 15 is 0 Å². The van der Waals surface area contributed by atoms with Crippen molar-refractivity contribution in [3.05, 3.63) is 0 Å². The number of hydrogen-bond acceptors (Lipinski definition) is 2. The Balaban J connectivity index is 2.44. The largest absolute Gasteiger partial charge is 0.341 e. The van der Waals surface area contributed by atoms with Gasteiger partial charge in [-0.1, -0.05) is 0 Å². The quantitative estimate of drug-likeness (QED) is 0.573. The number of piperidine rings is 1. The zero-order chi connectivity index (χ0) is 9.14. The molecule has 3 nitrogen and oxygen atoms in total. The molecule has 12 heavy (non-hydrogen) atoms. The van der Waals surface area contributed by atoms with Crippen LogP contribution in [0.15, 0.2) is 0 Å². The summed E-state index contributed by atoms with van der Waals surface area (Å²) in [6, 6.07) is 0. The molecule has 1 heterocycles. The van der Waals surface area contributed by atoms with Gasteiger partial charge in [0.15, 0.2) is 0 Å². The molecular weight excluding hydrogens is 178 g/mol. The Morgan fingerprint density at radius 3 is 2.42 bits per heavy atom. The number of likely N-dealkylation sites (tertiary alicyclic amines) is 1. The number of carbonyl (C=O) groups excluding carboxylic acids is 2. The van der Waals surface area contributed by atoms with Gasteiger partial charge in [-0.05, 0) is 6.92 Å². The Hall–Kier alpha value is -0.570. The summed E-state index contributed by atoms with van der Waals surface area (Å²) in [7, 11) is 0. The van der Waals surface area contributed by atoms with E-state index in [9.17, 15) is 9.59 Å². The van der Waals surface area contributed by atoms with Crippen LogP contribution in [0.25, 0.3) is 0 Å². The Kier molecular flexibility index (Phi) is 3.09. The molecule has 0 N–H and O–H groups in total. The predicted molar refractivity (Wildman–Crippen MR) is 46.1 cm³/mol. The summed E-state index contributed by atoms with van der Waals surface area (Å²) < 4.78 is 0. The number of carbonyl (C=O) groups is 2. The highest BCUT2D eigenvalue weighted by atomic mass is 35.5. The van der Waals surface area contributed by atoms with E-state index in [0.29, 0.717) is 25.9 Å². The lowest BCUT2D eigenvalue weighted by Gasteiger charge is -2.26. The lowest BCUT2D eigenvalue weighted by Crippen LogP contribution is -2.41. The SMILES string of the molecule is CC(Cl)C(=O)N1CCC(=O)CC1. The van der Waals surface area contributed by atoms with Gasteiger partial charge in [-0.25, -0.2) is 0 Å². The van der Waals surface area contributed by atoms with E-state index in [2.05, 4.69) is 0 Å². The van der Waals surface area contributed by atoms with Crippen molar-refractivity contribution in [2.45, 2.75) is 25.1 Å². The van der Waals surface area contributed by atoms with Crippen LogP contribution in [-0.4, -0.2) is 35.1 Å². The first-order chi connectivity index (χ1) is 5.61. The second-order valence-corrected chi connectivity index (χ2v) is 3.63. The van der Waals surface area contributed by atoms with Gasteiger partial charge in [-0.2, -0.15) is 0 Å². The first-order valence-electron chi connectivity index (χ1n) is 4.06. The maximum Gasteiger partial charge on any atom is 0.240 e. The molecule has 0 spiro atoms. The fraction of sp³-hybridized carbons (Fsp3) is 0.750. The van der Waals surface area contributed by atoms with Crippen molar-refractivity contribution in [2.75, 3.05) is 13.1 Å². The van der Waals surface area contributed by atoms with Crippen molar-refractivity contribution in [1.82, 2.24) is 4.90 Å². The van der Waals surface area contributed by atoms with Crippen LogP contribution in [0.4, 0.5) is 0 Å². The van der Waals surface area contributed by atoms with Gasteiger partial charge in [0.05, 0.1) is 0 Å². The minimum absolute atomic E-state index is 0.0656. The van der Waals surface area contributed by atoms with Gasteiger partial charge in [0, 0.05) is 25.9 Å². The molecule has 0 bridgehead atoms. The first-order valence-corrected chi connectivity index (χ1v) is 4.49. The van der Waals surface area contributed by atoms with Gasteiger partial charge < -0.3 is 4.90 Å². The number of ketones is 1. The van der Waals surface area contributed by atoms with Gasteiger partial charge in [0.2, 0.25) is 5.91 Å². The first kappa shape index (κ1) is 9.52. The smallest absolute Gasteiger partial charge is 0.240 e. The fourth-order valence-electron chi connectivity index (χ4n) is 1.23. The van der Waals surface area contributed by atoms with Crippen LogP contribution in [0.5, 0.6) is 0 Å². The van der Waals surface area contributed by atoms with Crippen LogP contribution in [0.2, 0.25) is 0 Å². The Morgan fingerprint density at radius 1 is 1.50 bits per heavy atom. The lowest BCUT2D eigenvalue weighted by atomic mass is 10.1. The van der Waals surface area contributed by atoms with E-state index < -0.39 is 5.38 Å². The average Bonchev–Trinajstić information content (AvgIpc) is 2.04. The van der Waals surface area contributed by atoms with Crippen molar-refractivity contribution >= 4 is 23.3 Å². The van der Waals surface area contributed by atoms with Gasteiger partial charge in [-0.15, -0.1) is 11.6 Å². The molecular formula is C8H12ClNO2. The van der Waals surface area contributed by atoms with Crippen LogP contribution in [0, 0.1) is 0 Å². The van der Waals surface area contributed by atoms with E-state index in [1.807, 2.05) is 0 Å². The summed E-state index contributed by atoms with van der Waals surface area (Å²) in [4.78, 5) is 23.8. The summed E-state index contributed by atoms with van der Waals surface area (Å²) in [6.45, 7) is 2.73. The summed E-state index contributed by atoms with van der Waals surface area (Å²) in [5.74, 6) is 0.172. The van der Waals surface area contributed by atoms with Crippen molar-refractivity contribution in [3.8, 4) is 0 Å². The van der Waals surface area contributed by atoms with E-state index in [1.54, 1.807) is 11.8 Å². The predicted octanol–water partition coefficient (Wildman–Crippen LogP) is 0.805.